The van der Waals surface area contributed by atoms with Crippen LogP contribution in [-0.2, 0) is 11.3 Å². The first-order valence-electron chi connectivity index (χ1n) is 11.1. The van der Waals surface area contributed by atoms with Gasteiger partial charge in [0.2, 0.25) is 0 Å². The lowest BCUT2D eigenvalue weighted by Gasteiger charge is -2.44. The lowest BCUT2D eigenvalue weighted by molar-refractivity contribution is -0.160. The predicted octanol–water partition coefficient (Wildman–Crippen LogP) is 2.41. The highest BCUT2D eigenvalue weighted by Crippen LogP contribution is 2.28. The Bertz CT molecular complexity index is 680. The molecule has 1 unspecified atom stereocenters. The van der Waals surface area contributed by atoms with Gasteiger partial charge in [-0.2, -0.15) is 0 Å². The van der Waals surface area contributed by atoms with Crippen molar-refractivity contribution < 1.29 is 9.90 Å². The van der Waals surface area contributed by atoms with Gasteiger partial charge >= 0.3 is 0 Å². The third-order valence-corrected chi connectivity index (χ3v) is 6.89. The van der Waals surface area contributed by atoms with E-state index in [1.165, 1.54) is 31.2 Å². The molecule has 2 aliphatic heterocycles. The van der Waals surface area contributed by atoms with Gasteiger partial charge in [-0.3, -0.25) is 14.6 Å². The number of hydrogen-bond donors (Lipinski definition) is 1. The van der Waals surface area contributed by atoms with Crippen molar-refractivity contribution in [2.45, 2.75) is 63.6 Å². The molecule has 0 spiro atoms. The van der Waals surface area contributed by atoms with Crippen LogP contribution in [0.2, 0.25) is 0 Å². The van der Waals surface area contributed by atoms with Crippen molar-refractivity contribution in [2.75, 3.05) is 39.3 Å². The monoisotopic (exact) mass is 385 g/mol. The van der Waals surface area contributed by atoms with Crippen LogP contribution in [0.3, 0.4) is 0 Å². The molecule has 1 saturated carbocycles. The smallest absolute Gasteiger partial charge is 0.256 e. The molecule has 1 aromatic carbocycles. The number of carbonyl (C=O) groups excluding carboxylic acids is 1. The molecule has 5 heteroatoms. The fourth-order valence-electron chi connectivity index (χ4n) is 5.32. The quantitative estimate of drug-likeness (QED) is 0.846. The van der Waals surface area contributed by atoms with Crippen LogP contribution >= 0.6 is 0 Å². The van der Waals surface area contributed by atoms with Gasteiger partial charge in [-0.15, -0.1) is 0 Å². The first-order valence-corrected chi connectivity index (χ1v) is 11.1. The van der Waals surface area contributed by atoms with E-state index in [1.54, 1.807) is 0 Å². The molecule has 1 N–H and O–H groups in total. The number of hydrogen-bond acceptors (Lipinski definition) is 4. The molecule has 0 radical (unpaired) electrons. The summed E-state index contributed by atoms with van der Waals surface area (Å²) in [6.07, 6.45) is 6.88. The summed E-state index contributed by atoms with van der Waals surface area (Å²) < 4.78 is 0. The van der Waals surface area contributed by atoms with Crippen molar-refractivity contribution in [1.29, 1.82) is 0 Å². The van der Waals surface area contributed by atoms with Crippen LogP contribution in [0.25, 0.3) is 0 Å². The number of rotatable bonds is 5. The Hall–Kier alpha value is -1.43. The summed E-state index contributed by atoms with van der Waals surface area (Å²) in [5.41, 5.74) is 1.12. The lowest BCUT2D eigenvalue weighted by Crippen LogP contribution is -2.60. The largest absolute Gasteiger partial charge is 0.379 e. The van der Waals surface area contributed by atoms with Crippen molar-refractivity contribution in [1.82, 2.24) is 14.7 Å². The Morgan fingerprint density at radius 2 is 1.82 bits per heavy atom. The second kappa shape index (κ2) is 8.52. The van der Waals surface area contributed by atoms with E-state index in [0.29, 0.717) is 19.5 Å². The molecule has 5 nitrogen and oxygen atoms in total. The zero-order valence-corrected chi connectivity index (χ0v) is 17.3. The van der Waals surface area contributed by atoms with Gasteiger partial charge in [-0.05, 0) is 38.2 Å². The van der Waals surface area contributed by atoms with E-state index >= 15 is 0 Å². The zero-order valence-electron chi connectivity index (χ0n) is 17.3. The van der Waals surface area contributed by atoms with Crippen LogP contribution in [0.1, 0.15) is 49.7 Å². The van der Waals surface area contributed by atoms with Gasteiger partial charge in [0.15, 0.2) is 5.60 Å². The topological polar surface area (TPSA) is 47.0 Å². The van der Waals surface area contributed by atoms with Crippen LogP contribution in [-0.4, -0.2) is 76.6 Å². The third kappa shape index (κ3) is 4.42. The minimum absolute atomic E-state index is 0.0847. The highest BCUT2D eigenvalue weighted by molar-refractivity contribution is 5.86. The van der Waals surface area contributed by atoms with Gasteiger partial charge in [0.25, 0.3) is 5.91 Å². The first kappa shape index (κ1) is 19.9. The van der Waals surface area contributed by atoms with Crippen LogP contribution in [0.4, 0.5) is 0 Å². The van der Waals surface area contributed by atoms with Crippen molar-refractivity contribution >= 4 is 5.91 Å². The SMILES string of the molecule is Cc1cccc(CN2CCCC(O)(CN3CCN(C4CCCC4)CC3)C2=O)c1. The molecule has 154 valence electrons. The highest BCUT2D eigenvalue weighted by Gasteiger charge is 2.43. The standard InChI is InChI=1S/C23H35N3O2/c1-19-6-4-7-20(16-19)17-26-11-5-10-23(28,22(26)27)18-24-12-14-25(15-13-24)21-8-2-3-9-21/h4,6-7,16,21,28H,2-3,5,8-15,17-18H2,1H3. The van der Waals surface area contributed by atoms with Crippen LogP contribution in [0, 0.1) is 6.92 Å². The van der Waals surface area contributed by atoms with Crippen molar-refractivity contribution in [3.05, 3.63) is 35.4 Å². The molecule has 3 aliphatic rings. The summed E-state index contributed by atoms with van der Waals surface area (Å²) in [5, 5.41) is 11.2. The number of likely N-dealkylation sites (tertiary alicyclic amines) is 1. The van der Waals surface area contributed by atoms with E-state index in [4.69, 9.17) is 0 Å². The molecule has 3 fully saturated rings. The summed E-state index contributed by atoms with van der Waals surface area (Å²) >= 11 is 0. The average Bonchev–Trinajstić information content (AvgIpc) is 3.21. The number of benzene rings is 1. The molecule has 1 aromatic rings. The number of piperidine rings is 1. The minimum atomic E-state index is -1.22. The maximum absolute atomic E-state index is 13.1. The highest BCUT2D eigenvalue weighted by atomic mass is 16.3. The van der Waals surface area contributed by atoms with Crippen molar-refractivity contribution in [2.24, 2.45) is 0 Å². The van der Waals surface area contributed by atoms with Crippen molar-refractivity contribution in [3.63, 3.8) is 0 Å². The molecule has 2 saturated heterocycles. The fourth-order valence-corrected chi connectivity index (χ4v) is 5.32. The number of β-amino-alcohol motifs (C(OH)–C–C–N with tert-alkyl or cyclic N) is 1. The Morgan fingerprint density at radius 1 is 1.07 bits per heavy atom. The Morgan fingerprint density at radius 3 is 2.54 bits per heavy atom. The van der Waals surface area contributed by atoms with E-state index in [1.807, 2.05) is 11.0 Å². The van der Waals surface area contributed by atoms with Gasteiger partial charge < -0.3 is 10.0 Å². The van der Waals surface area contributed by atoms with Gasteiger partial charge in [0, 0.05) is 51.9 Å². The Balaban J connectivity index is 1.33. The molecule has 1 atom stereocenters. The van der Waals surface area contributed by atoms with E-state index in [2.05, 4.69) is 34.9 Å². The second-order valence-corrected chi connectivity index (χ2v) is 9.10. The molecule has 0 bridgehead atoms. The molecule has 1 amide bonds. The maximum Gasteiger partial charge on any atom is 0.256 e. The zero-order chi connectivity index (χ0) is 19.6. The number of piperazine rings is 1. The molecule has 2 heterocycles. The van der Waals surface area contributed by atoms with Crippen LogP contribution < -0.4 is 0 Å². The number of amides is 1. The van der Waals surface area contributed by atoms with Gasteiger partial charge in [0.1, 0.15) is 0 Å². The fraction of sp³-hybridized carbons (Fsp3) is 0.696. The minimum Gasteiger partial charge on any atom is -0.379 e. The van der Waals surface area contributed by atoms with Crippen LogP contribution in [0.15, 0.2) is 24.3 Å². The van der Waals surface area contributed by atoms with E-state index < -0.39 is 5.60 Å². The van der Waals surface area contributed by atoms with Gasteiger partial charge in [0.05, 0.1) is 0 Å². The van der Waals surface area contributed by atoms with E-state index in [-0.39, 0.29) is 5.91 Å². The molecular weight excluding hydrogens is 350 g/mol. The normalized spacial score (nSPS) is 28.2. The first-order chi connectivity index (χ1) is 13.5. The molecule has 1 aliphatic carbocycles. The molecule has 0 aromatic heterocycles. The van der Waals surface area contributed by atoms with Crippen molar-refractivity contribution in [3.8, 4) is 0 Å². The summed E-state index contributed by atoms with van der Waals surface area (Å²) in [7, 11) is 0. The molecule has 28 heavy (non-hydrogen) atoms. The lowest BCUT2D eigenvalue weighted by atomic mass is 9.90. The number of aliphatic hydroxyl groups is 1. The van der Waals surface area contributed by atoms with Gasteiger partial charge in [-0.25, -0.2) is 0 Å². The average molecular weight is 386 g/mol. The number of aryl methyl sites for hydroxylation is 1. The predicted molar refractivity (Wildman–Crippen MR) is 111 cm³/mol. The summed E-state index contributed by atoms with van der Waals surface area (Å²) in [4.78, 5) is 19.9. The van der Waals surface area contributed by atoms with Crippen LogP contribution in [0.5, 0.6) is 0 Å². The third-order valence-electron chi connectivity index (χ3n) is 6.89. The van der Waals surface area contributed by atoms with E-state index in [9.17, 15) is 9.90 Å². The van der Waals surface area contributed by atoms with Gasteiger partial charge in [-0.1, -0.05) is 42.7 Å². The van der Waals surface area contributed by atoms with E-state index in [0.717, 1.165) is 50.7 Å². The number of carbonyl (C=O) groups is 1. The maximum atomic E-state index is 13.1. The number of nitrogens with zero attached hydrogens (tertiary/aromatic N) is 3. The Kier molecular flexibility index (Phi) is 6.04. The summed E-state index contributed by atoms with van der Waals surface area (Å²) in [5.74, 6) is -0.0847. The Labute approximate surface area is 169 Å². The summed E-state index contributed by atoms with van der Waals surface area (Å²) in [6, 6.07) is 9.07. The molecule has 4 rings (SSSR count). The summed E-state index contributed by atoms with van der Waals surface area (Å²) in [6.45, 7) is 7.96. The second-order valence-electron chi connectivity index (χ2n) is 9.10. The molecular formula is C23H35N3O2.